The predicted molar refractivity (Wildman–Crippen MR) is 134 cm³/mol. The van der Waals surface area contributed by atoms with Crippen molar-refractivity contribution in [2.24, 2.45) is 0 Å². The van der Waals surface area contributed by atoms with Gasteiger partial charge in [0.25, 0.3) is 0 Å². The van der Waals surface area contributed by atoms with Crippen LogP contribution in [0.2, 0.25) is 15.1 Å². The molecule has 1 atom stereocenters. The zero-order chi connectivity index (χ0) is 30.8. The largest absolute Gasteiger partial charge is 0.417 e. The molecule has 2 aromatic rings. The highest BCUT2D eigenvalue weighted by atomic mass is 35.5. The number of benzene rings is 2. The highest BCUT2D eigenvalue weighted by molar-refractivity contribution is 7.80. The van der Waals surface area contributed by atoms with E-state index in [1.165, 1.54) is 0 Å². The summed E-state index contributed by atoms with van der Waals surface area (Å²) in [7, 11) is 0.811. The molecule has 1 amide bonds. The Bertz CT molecular complexity index is 1290. The number of likely N-dealkylation sites (N-methyl/N-ethyl adjacent to an activating group) is 1. The fraction of sp³-hybridized carbons (Fsp3) is 0.304. The molecule has 0 fully saturated rings. The molecule has 3 nitrogen and oxygen atoms in total. The minimum atomic E-state index is -5.20. The molecule has 2 rings (SSSR count). The molecule has 0 heterocycles. The van der Waals surface area contributed by atoms with Crippen LogP contribution in [0.15, 0.2) is 36.4 Å². The number of carbonyl (C=O) groups excluding carboxylic acids is 1. The molecule has 0 saturated carbocycles. The number of thiocarbonyl (C=S) groups is 1. The molecule has 2 aromatic carbocycles. The second-order valence-corrected chi connectivity index (χ2v) is 9.74. The average molecular weight is 664 g/mol. The molecular weight excluding hydrogens is 649 g/mol. The molecule has 0 saturated heterocycles. The first-order valence-corrected chi connectivity index (χ1v) is 12.0. The van der Waals surface area contributed by atoms with Gasteiger partial charge in [-0.2, -0.15) is 39.5 Å². The number of amides is 1. The van der Waals surface area contributed by atoms with Gasteiger partial charge in [-0.15, -0.1) is 0 Å². The average Bonchev–Trinajstić information content (AvgIpc) is 2.80. The lowest BCUT2D eigenvalue weighted by Crippen LogP contribution is -2.42. The van der Waals surface area contributed by atoms with E-state index in [0.717, 1.165) is 19.2 Å². The summed E-state index contributed by atoms with van der Waals surface area (Å²) in [6, 6.07) is 3.10. The molecule has 0 aliphatic heterocycles. The summed E-state index contributed by atoms with van der Waals surface area (Å²) in [5, 5.41) is 1.08. The van der Waals surface area contributed by atoms with Crippen molar-refractivity contribution in [3.63, 3.8) is 0 Å². The topological polar surface area (TPSA) is 32.3 Å². The molecule has 0 aliphatic carbocycles. The Hall–Kier alpha value is -2.29. The van der Waals surface area contributed by atoms with Crippen LogP contribution in [0.5, 0.6) is 0 Å². The Kier molecular flexibility index (Phi) is 10.8. The second kappa shape index (κ2) is 12.7. The normalized spacial score (nSPS) is 13.7. The number of rotatable bonds is 7. The van der Waals surface area contributed by atoms with Crippen LogP contribution in [0.4, 0.5) is 43.9 Å². The summed E-state index contributed by atoms with van der Waals surface area (Å²) < 4.78 is 135. The first kappa shape index (κ1) is 33.9. The van der Waals surface area contributed by atoms with E-state index in [2.05, 4.69) is 5.32 Å². The Morgan fingerprint density at radius 2 is 1.55 bits per heavy atom. The fourth-order valence-corrected chi connectivity index (χ4v) is 4.11. The lowest BCUT2D eigenvalue weighted by atomic mass is 9.95. The van der Waals surface area contributed by atoms with E-state index in [4.69, 9.17) is 47.0 Å². The van der Waals surface area contributed by atoms with Crippen molar-refractivity contribution < 1.29 is 48.7 Å². The van der Waals surface area contributed by atoms with Gasteiger partial charge in [0.05, 0.1) is 27.2 Å². The third-order valence-electron chi connectivity index (χ3n) is 5.12. The standard InChI is InChI=1S/C23H15Cl3F10N2OS/c1-38(9-21(28,29)30)18(39)8-37-20(40)12-3-2-10(4-14(12)23(34,35)36)17(27)7-13(22(31,32)33)11-5-15(24)19(26)16(25)6-11/h2-7,13H,8-9H2,1H3,(H,37,40)/b17-7-. The number of hydrogen-bond donors (Lipinski definition) is 1. The highest BCUT2D eigenvalue weighted by Gasteiger charge is 2.41. The number of hydrogen-bond acceptors (Lipinski definition) is 2. The maximum atomic E-state index is 15.0. The van der Waals surface area contributed by atoms with Gasteiger partial charge in [0.15, 0.2) is 0 Å². The Labute approximate surface area is 240 Å². The van der Waals surface area contributed by atoms with Crippen LogP contribution in [0.3, 0.4) is 0 Å². The molecule has 0 radical (unpaired) electrons. The molecule has 1 unspecified atom stereocenters. The van der Waals surface area contributed by atoms with E-state index >= 15 is 0 Å². The van der Waals surface area contributed by atoms with Gasteiger partial charge in [0.2, 0.25) is 5.91 Å². The van der Waals surface area contributed by atoms with Gasteiger partial charge in [-0.1, -0.05) is 59.2 Å². The molecule has 220 valence electrons. The summed E-state index contributed by atoms with van der Waals surface area (Å²) >= 11 is 22.1. The summed E-state index contributed by atoms with van der Waals surface area (Å²) in [5.41, 5.74) is -3.92. The third-order valence-corrected chi connectivity index (χ3v) is 6.68. The molecule has 1 N–H and O–H groups in total. The zero-order valence-electron chi connectivity index (χ0n) is 19.6. The van der Waals surface area contributed by atoms with Crippen LogP contribution in [0.25, 0.3) is 5.83 Å². The van der Waals surface area contributed by atoms with E-state index in [-0.39, 0.29) is 32.1 Å². The lowest BCUT2D eigenvalue weighted by molar-refractivity contribution is -0.157. The zero-order valence-corrected chi connectivity index (χ0v) is 22.7. The van der Waals surface area contributed by atoms with Crippen molar-refractivity contribution in [2.45, 2.75) is 24.4 Å². The van der Waals surface area contributed by atoms with Crippen molar-refractivity contribution in [1.82, 2.24) is 10.2 Å². The van der Waals surface area contributed by atoms with Crippen LogP contribution in [0, 0.1) is 0 Å². The maximum Gasteiger partial charge on any atom is 0.417 e. The van der Waals surface area contributed by atoms with Gasteiger partial charge in [-0.25, -0.2) is 4.39 Å². The molecule has 0 spiro atoms. The van der Waals surface area contributed by atoms with E-state index in [0.29, 0.717) is 12.1 Å². The van der Waals surface area contributed by atoms with Gasteiger partial charge >= 0.3 is 18.5 Å². The molecular formula is C23H15Cl3F10N2OS. The Balaban J connectivity index is 2.42. The molecule has 0 aliphatic rings. The summed E-state index contributed by atoms with van der Waals surface area (Å²) in [4.78, 5) is 11.4. The molecule has 17 heteroatoms. The number of alkyl halides is 9. The van der Waals surface area contributed by atoms with Crippen LogP contribution in [-0.2, 0) is 11.0 Å². The highest BCUT2D eigenvalue weighted by Crippen LogP contribution is 2.42. The summed E-state index contributed by atoms with van der Waals surface area (Å²) in [6.45, 7) is -2.53. The van der Waals surface area contributed by atoms with Crippen molar-refractivity contribution >= 4 is 63.7 Å². The van der Waals surface area contributed by atoms with Crippen molar-refractivity contribution in [3.05, 3.63) is 73.7 Å². The molecule has 40 heavy (non-hydrogen) atoms. The first-order valence-electron chi connectivity index (χ1n) is 10.5. The summed E-state index contributed by atoms with van der Waals surface area (Å²) in [6.07, 6.45) is -15.0. The minimum Gasteiger partial charge on any atom is -0.367 e. The van der Waals surface area contributed by atoms with Gasteiger partial charge in [-0.3, -0.25) is 4.79 Å². The van der Waals surface area contributed by atoms with Crippen molar-refractivity contribution in [2.75, 3.05) is 20.1 Å². The van der Waals surface area contributed by atoms with Crippen LogP contribution in [0.1, 0.15) is 28.2 Å². The lowest BCUT2D eigenvalue weighted by Gasteiger charge is -2.21. The number of allylic oxidation sites excluding steroid dienone is 1. The minimum absolute atomic E-state index is 0.0246. The maximum absolute atomic E-state index is 15.0. The van der Waals surface area contributed by atoms with E-state index in [1.807, 2.05) is 0 Å². The number of carbonyl (C=O) groups is 1. The van der Waals surface area contributed by atoms with Crippen molar-refractivity contribution in [3.8, 4) is 0 Å². The SMILES string of the molecule is CN(CC(F)(F)F)C(=O)CNC(=S)c1ccc(/C(F)=C/C(c2cc(Cl)c(Cl)c(Cl)c2)C(F)(F)F)cc1C(F)(F)F. The summed E-state index contributed by atoms with van der Waals surface area (Å²) in [5.74, 6) is -5.53. The predicted octanol–water partition coefficient (Wildman–Crippen LogP) is 8.61. The molecule has 0 bridgehead atoms. The van der Waals surface area contributed by atoms with E-state index < -0.39 is 76.5 Å². The number of nitrogens with one attached hydrogen (secondary N) is 1. The van der Waals surface area contributed by atoms with Gasteiger partial charge in [0.1, 0.15) is 23.3 Å². The molecule has 0 aromatic heterocycles. The van der Waals surface area contributed by atoms with Gasteiger partial charge in [0, 0.05) is 18.2 Å². The van der Waals surface area contributed by atoms with Crippen molar-refractivity contribution in [1.29, 1.82) is 0 Å². The second-order valence-electron chi connectivity index (χ2n) is 8.14. The monoisotopic (exact) mass is 662 g/mol. The van der Waals surface area contributed by atoms with Crippen LogP contribution >= 0.6 is 47.0 Å². The van der Waals surface area contributed by atoms with Crippen LogP contribution in [-0.4, -0.2) is 48.3 Å². The van der Waals surface area contributed by atoms with E-state index in [9.17, 15) is 48.7 Å². The Morgan fingerprint density at radius 1 is 1.00 bits per heavy atom. The van der Waals surface area contributed by atoms with Gasteiger partial charge < -0.3 is 10.2 Å². The smallest absolute Gasteiger partial charge is 0.367 e. The van der Waals surface area contributed by atoms with E-state index in [1.54, 1.807) is 0 Å². The quantitative estimate of drug-likeness (QED) is 0.183. The van der Waals surface area contributed by atoms with Crippen LogP contribution < -0.4 is 5.32 Å². The number of nitrogens with zero attached hydrogens (tertiary/aromatic N) is 1. The fourth-order valence-electron chi connectivity index (χ4n) is 3.25. The first-order chi connectivity index (χ1) is 18.1. The third kappa shape index (κ3) is 9.11. The number of halogens is 13. The van der Waals surface area contributed by atoms with Gasteiger partial charge in [-0.05, 0) is 29.8 Å². The Morgan fingerprint density at radius 3 is 2.02 bits per heavy atom.